The third kappa shape index (κ3) is 4.12. The molecule has 2 atom stereocenters. The van der Waals surface area contributed by atoms with Gasteiger partial charge in [0.05, 0.1) is 19.8 Å². The first kappa shape index (κ1) is 17.3. The molecule has 2 aliphatic rings. The van der Waals surface area contributed by atoms with E-state index in [1.807, 2.05) is 4.90 Å². The van der Waals surface area contributed by atoms with Gasteiger partial charge < -0.3 is 19.7 Å². The number of fused-ring (bicyclic) bond motifs is 2. The second-order valence-corrected chi connectivity index (χ2v) is 6.53. The molecule has 0 saturated carbocycles. The molecule has 0 aliphatic carbocycles. The molecule has 1 aromatic rings. The summed E-state index contributed by atoms with van der Waals surface area (Å²) in [6.07, 6.45) is 3.30. The maximum absolute atomic E-state index is 13.9. The lowest BCUT2D eigenvalue weighted by Crippen LogP contribution is -2.39. The van der Waals surface area contributed by atoms with Crippen molar-refractivity contribution in [2.24, 2.45) is 0 Å². The van der Waals surface area contributed by atoms with E-state index in [9.17, 15) is 9.18 Å². The third-order valence-corrected chi connectivity index (χ3v) is 4.79. The molecule has 3 rings (SSSR count). The number of methoxy groups -OCH3 is 1. The lowest BCUT2D eigenvalue weighted by Gasteiger charge is -2.24. The normalized spacial score (nSPS) is 23.3. The second-order valence-electron chi connectivity index (χ2n) is 6.53. The summed E-state index contributed by atoms with van der Waals surface area (Å²) < 4.78 is 24.2. The van der Waals surface area contributed by atoms with Gasteiger partial charge in [-0.2, -0.15) is 0 Å². The van der Waals surface area contributed by atoms with E-state index in [0.29, 0.717) is 36.4 Å². The fourth-order valence-corrected chi connectivity index (χ4v) is 3.45. The quantitative estimate of drug-likeness (QED) is 0.807. The van der Waals surface area contributed by atoms with Crippen molar-refractivity contribution in [1.29, 1.82) is 0 Å². The fourth-order valence-electron chi connectivity index (χ4n) is 3.45. The van der Waals surface area contributed by atoms with Gasteiger partial charge >= 0.3 is 0 Å². The molecular formula is C18H25FN2O3. The minimum Gasteiger partial charge on any atom is -0.382 e. The summed E-state index contributed by atoms with van der Waals surface area (Å²) in [5.74, 6) is -0.372. The Labute approximate surface area is 142 Å². The Morgan fingerprint density at radius 2 is 2.12 bits per heavy atom. The number of hydrogen-bond acceptors (Lipinski definition) is 4. The number of carbonyl (C=O) groups excluding carboxylic acids is 1. The van der Waals surface area contributed by atoms with Crippen LogP contribution in [0.15, 0.2) is 18.2 Å². The summed E-state index contributed by atoms with van der Waals surface area (Å²) in [4.78, 5) is 14.7. The topological polar surface area (TPSA) is 50.8 Å². The fraction of sp³-hybridized carbons (Fsp3) is 0.611. The average Bonchev–Trinajstić information content (AvgIpc) is 2.91. The van der Waals surface area contributed by atoms with Gasteiger partial charge in [0.1, 0.15) is 5.82 Å². The van der Waals surface area contributed by atoms with Gasteiger partial charge in [0, 0.05) is 43.4 Å². The van der Waals surface area contributed by atoms with Gasteiger partial charge in [0.25, 0.3) is 5.91 Å². The van der Waals surface area contributed by atoms with Crippen LogP contribution in [0, 0.1) is 5.82 Å². The number of halogens is 1. The van der Waals surface area contributed by atoms with Crippen LogP contribution in [0.5, 0.6) is 0 Å². The van der Waals surface area contributed by atoms with E-state index in [1.165, 1.54) is 12.5 Å². The van der Waals surface area contributed by atoms with Crippen molar-refractivity contribution in [2.75, 3.05) is 33.4 Å². The molecule has 24 heavy (non-hydrogen) atoms. The Morgan fingerprint density at radius 1 is 1.29 bits per heavy atom. The van der Waals surface area contributed by atoms with Gasteiger partial charge in [0.2, 0.25) is 0 Å². The summed E-state index contributed by atoms with van der Waals surface area (Å²) >= 11 is 0. The zero-order chi connectivity index (χ0) is 16.9. The summed E-state index contributed by atoms with van der Waals surface area (Å²) in [7, 11) is 1.59. The summed E-state index contributed by atoms with van der Waals surface area (Å²) in [6.45, 7) is 2.48. The van der Waals surface area contributed by atoms with E-state index in [1.54, 1.807) is 19.2 Å². The SMILES string of the molecule is COCCOCc1cc(C(=O)N2CCC3CCC(C2)N3)ccc1F. The minimum atomic E-state index is -0.347. The maximum atomic E-state index is 13.9. The summed E-state index contributed by atoms with van der Waals surface area (Å²) in [5.41, 5.74) is 0.936. The molecule has 1 amide bonds. The van der Waals surface area contributed by atoms with Crippen LogP contribution in [-0.4, -0.2) is 56.3 Å². The number of likely N-dealkylation sites (tertiary alicyclic amines) is 1. The number of nitrogens with zero attached hydrogens (tertiary/aromatic N) is 1. The van der Waals surface area contributed by atoms with E-state index >= 15 is 0 Å². The van der Waals surface area contributed by atoms with Crippen LogP contribution in [0.2, 0.25) is 0 Å². The van der Waals surface area contributed by atoms with Crippen LogP contribution in [0.3, 0.4) is 0 Å². The van der Waals surface area contributed by atoms with Crippen molar-refractivity contribution in [3.05, 3.63) is 35.1 Å². The predicted molar refractivity (Wildman–Crippen MR) is 88.4 cm³/mol. The molecule has 2 bridgehead atoms. The maximum Gasteiger partial charge on any atom is 0.253 e. The van der Waals surface area contributed by atoms with Crippen molar-refractivity contribution >= 4 is 5.91 Å². The highest BCUT2D eigenvalue weighted by Gasteiger charge is 2.31. The lowest BCUT2D eigenvalue weighted by atomic mass is 10.1. The molecule has 0 aromatic heterocycles. The molecule has 132 valence electrons. The number of amides is 1. The number of carbonyl (C=O) groups is 1. The molecule has 2 saturated heterocycles. The molecule has 2 aliphatic heterocycles. The number of rotatable bonds is 6. The van der Waals surface area contributed by atoms with E-state index in [0.717, 1.165) is 25.9 Å². The summed E-state index contributed by atoms with van der Waals surface area (Å²) in [6, 6.07) is 5.45. The van der Waals surface area contributed by atoms with Gasteiger partial charge in [-0.15, -0.1) is 0 Å². The Balaban J connectivity index is 1.65. The van der Waals surface area contributed by atoms with Gasteiger partial charge in [-0.05, 0) is 37.5 Å². The first-order valence-electron chi connectivity index (χ1n) is 8.58. The van der Waals surface area contributed by atoms with Crippen LogP contribution >= 0.6 is 0 Å². The number of benzene rings is 1. The Kier molecular flexibility index (Phi) is 5.81. The average molecular weight is 336 g/mol. The molecule has 5 nitrogen and oxygen atoms in total. The molecule has 6 heteroatoms. The highest BCUT2D eigenvalue weighted by atomic mass is 19.1. The van der Waals surface area contributed by atoms with Crippen molar-refractivity contribution in [3.8, 4) is 0 Å². The van der Waals surface area contributed by atoms with E-state index < -0.39 is 0 Å². The Morgan fingerprint density at radius 3 is 2.96 bits per heavy atom. The molecule has 2 fully saturated rings. The number of hydrogen-bond donors (Lipinski definition) is 1. The van der Waals surface area contributed by atoms with Crippen molar-refractivity contribution < 1.29 is 18.7 Å². The van der Waals surface area contributed by atoms with Gasteiger partial charge in [-0.1, -0.05) is 0 Å². The molecular weight excluding hydrogens is 311 g/mol. The van der Waals surface area contributed by atoms with Gasteiger partial charge in [-0.3, -0.25) is 4.79 Å². The van der Waals surface area contributed by atoms with Gasteiger partial charge in [0.15, 0.2) is 0 Å². The Bertz CT molecular complexity index is 581. The molecule has 0 spiro atoms. The van der Waals surface area contributed by atoms with Crippen molar-refractivity contribution in [1.82, 2.24) is 10.2 Å². The molecule has 2 heterocycles. The summed E-state index contributed by atoms with van der Waals surface area (Å²) in [5, 5.41) is 3.56. The zero-order valence-electron chi connectivity index (χ0n) is 14.1. The van der Waals surface area contributed by atoms with Gasteiger partial charge in [-0.25, -0.2) is 4.39 Å². The predicted octanol–water partition coefficient (Wildman–Crippen LogP) is 1.96. The first-order chi connectivity index (χ1) is 11.7. The standard InChI is InChI=1S/C18H25FN2O3/c1-23-8-9-24-12-14-10-13(2-5-17(14)19)18(22)21-7-6-15-3-4-16(11-21)20-15/h2,5,10,15-16,20H,3-4,6-9,11-12H2,1H3. The highest BCUT2D eigenvalue weighted by Crippen LogP contribution is 2.22. The van der Waals surface area contributed by atoms with Crippen LogP contribution in [0.25, 0.3) is 0 Å². The number of nitrogens with one attached hydrogen (secondary N) is 1. The molecule has 0 radical (unpaired) electrons. The lowest BCUT2D eigenvalue weighted by molar-refractivity contribution is 0.0603. The monoisotopic (exact) mass is 336 g/mol. The highest BCUT2D eigenvalue weighted by molar-refractivity contribution is 5.94. The minimum absolute atomic E-state index is 0.0255. The van der Waals surface area contributed by atoms with E-state index in [-0.39, 0.29) is 18.3 Å². The third-order valence-electron chi connectivity index (χ3n) is 4.79. The molecule has 2 unspecified atom stereocenters. The van der Waals surface area contributed by atoms with Crippen LogP contribution in [0.1, 0.15) is 35.2 Å². The van der Waals surface area contributed by atoms with Crippen molar-refractivity contribution in [3.63, 3.8) is 0 Å². The van der Waals surface area contributed by atoms with E-state index in [4.69, 9.17) is 9.47 Å². The Hall–Kier alpha value is -1.50. The van der Waals surface area contributed by atoms with Crippen LogP contribution in [-0.2, 0) is 16.1 Å². The second kappa shape index (κ2) is 8.05. The molecule has 1 aromatic carbocycles. The smallest absolute Gasteiger partial charge is 0.253 e. The zero-order valence-corrected chi connectivity index (χ0v) is 14.1. The largest absolute Gasteiger partial charge is 0.382 e. The number of ether oxygens (including phenoxy) is 2. The van der Waals surface area contributed by atoms with E-state index in [2.05, 4.69) is 5.32 Å². The molecule has 1 N–H and O–H groups in total. The van der Waals surface area contributed by atoms with Crippen LogP contribution < -0.4 is 5.32 Å². The van der Waals surface area contributed by atoms with Crippen LogP contribution in [0.4, 0.5) is 4.39 Å². The first-order valence-corrected chi connectivity index (χ1v) is 8.58. The van der Waals surface area contributed by atoms with Crippen molar-refractivity contribution in [2.45, 2.75) is 38.0 Å².